The summed E-state index contributed by atoms with van der Waals surface area (Å²) in [6.45, 7) is 1.45. The van der Waals surface area contributed by atoms with E-state index in [1.54, 1.807) is 36.4 Å². The molecule has 0 spiro atoms. The third kappa shape index (κ3) is 5.74. The second kappa shape index (κ2) is 9.36. The number of halogens is 2. The summed E-state index contributed by atoms with van der Waals surface area (Å²) in [6, 6.07) is 18.1. The number of sulfonamides is 1. The van der Waals surface area contributed by atoms with Gasteiger partial charge in [0.15, 0.2) is 0 Å². The number of hydrogen-bond acceptors (Lipinski definition) is 4. The van der Waals surface area contributed by atoms with Crippen molar-refractivity contribution in [3.8, 4) is 11.5 Å². The molecule has 1 amide bonds. The minimum atomic E-state index is -3.80. The van der Waals surface area contributed by atoms with Gasteiger partial charge < -0.3 is 10.1 Å². The summed E-state index contributed by atoms with van der Waals surface area (Å²) in [4.78, 5) is 12.7. The van der Waals surface area contributed by atoms with E-state index < -0.39 is 27.8 Å². The standard InChI is InChI=1S/C22H20ClFN2O4S/c1-15(22(27)25-16-8-13-21(24)20(23)14-16)26(31(2,28)29)17-9-11-19(12-10-17)30-18-6-4-3-5-7-18/h3-15H,1-2H3,(H,25,27)/t15-/m0/s1. The first-order valence-electron chi connectivity index (χ1n) is 9.23. The first kappa shape index (κ1) is 22.6. The van der Waals surface area contributed by atoms with Crippen LogP contribution in [0.5, 0.6) is 11.5 Å². The van der Waals surface area contributed by atoms with E-state index in [9.17, 15) is 17.6 Å². The molecular weight excluding hydrogens is 443 g/mol. The monoisotopic (exact) mass is 462 g/mol. The van der Waals surface area contributed by atoms with Gasteiger partial charge in [-0.05, 0) is 61.5 Å². The molecule has 1 atom stereocenters. The van der Waals surface area contributed by atoms with Crippen LogP contribution in [-0.2, 0) is 14.8 Å². The molecule has 0 unspecified atom stereocenters. The van der Waals surface area contributed by atoms with Gasteiger partial charge in [-0.3, -0.25) is 9.10 Å². The molecule has 0 bridgehead atoms. The molecule has 0 saturated carbocycles. The predicted molar refractivity (Wildman–Crippen MR) is 120 cm³/mol. The average molecular weight is 463 g/mol. The van der Waals surface area contributed by atoms with E-state index in [4.69, 9.17) is 16.3 Å². The van der Waals surface area contributed by atoms with Crippen molar-refractivity contribution < 1.29 is 22.3 Å². The zero-order valence-corrected chi connectivity index (χ0v) is 18.3. The number of ether oxygens (including phenoxy) is 1. The Labute approximate surface area is 185 Å². The molecule has 6 nitrogen and oxygen atoms in total. The highest BCUT2D eigenvalue weighted by atomic mass is 35.5. The lowest BCUT2D eigenvalue weighted by atomic mass is 10.2. The smallest absolute Gasteiger partial charge is 0.247 e. The van der Waals surface area contributed by atoms with Gasteiger partial charge in [0.2, 0.25) is 15.9 Å². The lowest BCUT2D eigenvalue weighted by Gasteiger charge is -2.28. The Hall–Kier alpha value is -3.10. The number of carbonyl (C=O) groups excluding carboxylic acids is 1. The highest BCUT2D eigenvalue weighted by molar-refractivity contribution is 7.92. The van der Waals surface area contributed by atoms with Gasteiger partial charge in [-0.25, -0.2) is 12.8 Å². The molecule has 0 aromatic heterocycles. The van der Waals surface area contributed by atoms with Crippen LogP contribution >= 0.6 is 11.6 Å². The van der Waals surface area contributed by atoms with Crippen molar-refractivity contribution >= 4 is 38.9 Å². The number of carbonyl (C=O) groups is 1. The largest absolute Gasteiger partial charge is 0.457 e. The fourth-order valence-corrected chi connectivity index (χ4v) is 4.27. The molecule has 9 heteroatoms. The van der Waals surface area contributed by atoms with Crippen molar-refractivity contribution in [2.24, 2.45) is 0 Å². The number of nitrogens with zero attached hydrogens (tertiary/aromatic N) is 1. The van der Waals surface area contributed by atoms with Crippen LogP contribution in [0.15, 0.2) is 72.8 Å². The number of hydrogen-bond donors (Lipinski definition) is 1. The first-order chi connectivity index (χ1) is 14.6. The Balaban J connectivity index is 1.80. The van der Waals surface area contributed by atoms with E-state index in [-0.39, 0.29) is 10.7 Å². The second-order valence-electron chi connectivity index (χ2n) is 6.76. The van der Waals surface area contributed by atoms with Crippen LogP contribution in [0.4, 0.5) is 15.8 Å². The summed E-state index contributed by atoms with van der Waals surface area (Å²) in [5.74, 6) is -0.0663. The van der Waals surface area contributed by atoms with E-state index in [2.05, 4.69) is 5.32 Å². The summed E-state index contributed by atoms with van der Waals surface area (Å²) in [5, 5.41) is 2.40. The average Bonchev–Trinajstić information content (AvgIpc) is 2.72. The number of para-hydroxylation sites is 1. The van der Waals surface area contributed by atoms with Crippen molar-refractivity contribution in [1.82, 2.24) is 0 Å². The quantitative estimate of drug-likeness (QED) is 0.532. The van der Waals surface area contributed by atoms with E-state index in [1.165, 1.54) is 19.1 Å². The second-order valence-corrected chi connectivity index (χ2v) is 9.03. The van der Waals surface area contributed by atoms with Crippen LogP contribution < -0.4 is 14.4 Å². The molecule has 0 saturated heterocycles. The maximum Gasteiger partial charge on any atom is 0.247 e. The number of anilines is 2. The number of nitrogens with one attached hydrogen (secondary N) is 1. The third-order valence-corrected chi connectivity index (χ3v) is 5.88. The lowest BCUT2D eigenvalue weighted by molar-refractivity contribution is -0.116. The van der Waals surface area contributed by atoms with Crippen molar-refractivity contribution in [3.05, 3.63) is 83.6 Å². The fourth-order valence-electron chi connectivity index (χ4n) is 2.92. The van der Waals surface area contributed by atoms with Crippen LogP contribution in [0.1, 0.15) is 6.92 Å². The summed E-state index contributed by atoms with van der Waals surface area (Å²) in [5.41, 5.74) is 0.547. The Bertz CT molecular complexity index is 1170. The molecule has 3 aromatic rings. The molecule has 0 aliphatic carbocycles. The summed E-state index contributed by atoms with van der Waals surface area (Å²) in [7, 11) is -3.80. The fraction of sp³-hybridized carbons (Fsp3) is 0.136. The zero-order chi connectivity index (χ0) is 22.6. The summed E-state index contributed by atoms with van der Waals surface area (Å²) >= 11 is 5.74. The lowest BCUT2D eigenvalue weighted by Crippen LogP contribution is -2.45. The predicted octanol–water partition coefficient (Wildman–Crippen LogP) is 5.06. The van der Waals surface area contributed by atoms with Crippen LogP contribution in [0.2, 0.25) is 5.02 Å². The van der Waals surface area contributed by atoms with E-state index >= 15 is 0 Å². The first-order valence-corrected chi connectivity index (χ1v) is 11.5. The van der Waals surface area contributed by atoms with Crippen molar-refractivity contribution in [3.63, 3.8) is 0 Å². The minimum Gasteiger partial charge on any atom is -0.457 e. The normalized spacial score (nSPS) is 12.1. The van der Waals surface area contributed by atoms with Gasteiger partial charge in [0.05, 0.1) is 17.0 Å². The summed E-state index contributed by atoms with van der Waals surface area (Å²) in [6.07, 6.45) is 1.01. The Morgan fingerprint density at radius 3 is 2.23 bits per heavy atom. The van der Waals surface area contributed by atoms with Crippen molar-refractivity contribution in [2.75, 3.05) is 15.9 Å². The van der Waals surface area contributed by atoms with Crippen molar-refractivity contribution in [2.45, 2.75) is 13.0 Å². The van der Waals surface area contributed by atoms with Gasteiger partial charge in [0.25, 0.3) is 0 Å². The molecule has 31 heavy (non-hydrogen) atoms. The Morgan fingerprint density at radius 1 is 1.03 bits per heavy atom. The minimum absolute atomic E-state index is 0.153. The molecule has 1 N–H and O–H groups in total. The molecule has 0 radical (unpaired) electrons. The van der Waals surface area contributed by atoms with Crippen molar-refractivity contribution in [1.29, 1.82) is 0 Å². The maximum atomic E-state index is 13.3. The molecule has 0 heterocycles. The zero-order valence-electron chi connectivity index (χ0n) is 16.7. The topological polar surface area (TPSA) is 75.7 Å². The highest BCUT2D eigenvalue weighted by Gasteiger charge is 2.29. The van der Waals surface area contributed by atoms with E-state index in [0.717, 1.165) is 16.6 Å². The number of rotatable bonds is 7. The van der Waals surface area contributed by atoms with Crippen LogP contribution in [0.25, 0.3) is 0 Å². The van der Waals surface area contributed by atoms with Gasteiger partial charge in [0.1, 0.15) is 23.4 Å². The molecule has 0 aliphatic rings. The number of benzene rings is 3. The van der Waals surface area contributed by atoms with E-state index in [1.807, 2.05) is 18.2 Å². The van der Waals surface area contributed by atoms with Crippen LogP contribution in [0.3, 0.4) is 0 Å². The van der Waals surface area contributed by atoms with Crippen LogP contribution in [0, 0.1) is 5.82 Å². The Morgan fingerprint density at radius 2 is 1.65 bits per heavy atom. The molecular formula is C22H20ClFN2O4S. The van der Waals surface area contributed by atoms with Gasteiger partial charge in [-0.15, -0.1) is 0 Å². The van der Waals surface area contributed by atoms with E-state index in [0.29, 0.717) is 17.2 Å². The summed E-state index contributed by atoms with van der Waals surface area (Å²) < 4.78 is 44.9. The van der Waals surface area contributed by atoms with Crippen LogP contribution in [-0.4, -0.2) is 26.6 Å². The van der Waals surface area contributed by atoms with Gasteiger partial charge >= 0.3 is 0 Å². The molecule has 162 valence electrons. The number of amides is 1. The van der Waals surface area contributed by atoms with Gasteiger partial charge in [-0.1, -0.05) is 29.8 Å². The molecule has 3 aromatic carbocycles. The molecule has 0 aliphatic heterocycles. The Kier molecular flexibility index (Phi) is 6.82. The molecule has 0 fully saturated rings. The van der Waals surface area contributed by atoms with Gasteiger partial charge in [-0.2, -0.15) is 0 Å². The van der Waals surface area contributed by atoms with Gasteiger partial charge in [0, 0.05) is 5.69 Å². The molecule has 3 rings (SSSR count). The highest BCUT2D eigenvalue weighted by Crippen LogP contribution is 2.27. The maximum absolute atomic E-state index is 13.3. The third-order valence-electron chi connectivity index (χ3n) is 4.35. The SMILES string of the molecule is C[C@@H](C(=O)Nc1ccc(F)c(Cl)c1)N(c1ccc(Oc2ccccc2)cc1)S(C)(=O)=O.